The summed E-state index contributed by atoms with van der Waals surface area (Å²) in [5, 5.41) is 11.8. The summed E-state index contributed by atoms with van der Waals surface area (Å²) in [6.45, 7) is 7.44. The third kappa shape index (κ3) is 2.50. The number of ketones is 1. The first kappa shape index (κ1) is 20.2. The molecule has 1 aliphatic heterocycles. The van der Waals surface area contributed by atoms with Crippen LogP contribution in [0.5, 0.6) is 0 Å². The Hall–Kier alpha value is -0.760. The summed E-state index contributed by atoms with van der Waals surface area (Å²) in [7, 11) is -3.65. The molecule has 7 heteroatoms. The number of allylic oxidation sites excluding steroid dienone is 1. The van der Waals surface area contributed by atoms with Crippen LogP contribution in [0.25, 0.3) is 0 Å². The first-order chi connectivity index (χ1) is 13.6. The number of hydrogen-bond donors (Lipinski definition) is 1. The zero-order valence-electron chi connectivity index (χ0n) is 17.4. The maximum absolute atomic E-state index is 13.6. The lowest BCUT2D eigenvalue weighted by atomic mass is 9.33. The van der Waals surface area contributed by atoms with E-state index in [0.717, 1.165) is 38.4 Å². The molecule has 162 valence electrons. The van der Waals surface area contributed by atoms with Gasteiger partial charge in [0.25, 0.3) is 10.1 Å². The van der Waals surface area contributed by atoms with Crippen LogP contribution in [0.4, 0.5) is 0 Å². The van der Waals surface area contributed by atoms with E-state index < -0.39 is 27.6 Å². The minimum absolute atomic E-state index is 0.00697. The predicted molar refractivity (Wildman–Crippen MR) is 106 cm³/mol. The van der Waals surface area contributed by atoms with Gasteiger partial charge in [0, 0.05) is 11.3 Å². The Labute approximate surface area is 173 Å². The fourth-order valence-electron chi connectivity index (χ4n) is 8.52. The van der Waals surface area contributed by atoms with Crippen LogP contribution in [0.1, 0.15) is 45.4 Å². The topological polar surface area (TPSA) is 89.9 Å². The van der Waals surface area contributed by atoms with Gasteiger partial charge in [0.05, 0.1) is 37.6 Å². The van der Waals surface area contributed by atoms with E-state index >= 15 is 0 Å². The lowest BCUT2D eigenvalue weighted by Crippen LogP contribution is -2.75. The van der Waals surface area contributed by atoms with E-state index in [1.54, 1.807) is 0 Å². The summed E-state index contributed by atoms with van der Waals surface area (Å²) in [6.07, 6.45) is 5.59. The lowest BCUT2D eigenvalue weighted by Gasteiger charge is -2.72. The first-order valence-corrected chi connectivity index (χ1v) is 12.7. The van der Waals surface area contributed by atoms with Gasteiger partial charge in [-0.15, -0.1) is 0 Å². The molecule has 8 atom stereocenters. The molecule has 1 spiro atoms. The minimum atomic E-state index is -3.65. The summed E-state index contributed by atoms with van der Waals surface area (Å²) in [4.78, 5) is 13.6. The van der Waals surface area contributed by atoms with Crippen molar-refractivity contribution in [3.63, 3.8) is 0 Å². The van der Waals surface area contributed by atoms with Crippen molar-refractivity contribution >= 4 is 15.9 Å². The average molecular weight is 425 g/mol. The van der Waals surface area contributed by atoms with E-state index in [-0.39, 0.29) is 41.0 Å². The van der Waals surface area contributed by atoms with Crippen LogP contribution in [0, 0.1) is 39.9 Å². The number of fused-ring (bicyclic) bond motifs is 2. The van der Waals surface area contributed by atoms with Crippen LogP contribution in [0.3, 0.4) is 0 Å². The summed E-state index contributed by atoms with van der Waals surface area (Å²) in [5.74, 6) is -0.0314. The highest BCUT2D eigenvalue weighted by molar-refractivity contribution is 7.85. The van der Waals surface area contributed by atoms with Crippen molar-refractivity contribution in [2.45, 2.75) is 51.6 Å². The maximum atomic E-state index is 13.6. The second kappa shape index (κ2) is 6.15. The Morgan fingerprint density at radius 2 is 2.03 bits per heavy atom. The molecule has 3 unspecified atom stereocenters. The molecule has 1 saturated heterocycles. The van der Waals surface area contributed by atoms with E-state index in [2.05, 4.69) is 13.5 Å². The van der Waals surface area contributed by atoms with Gasteiger partial charge in [-0.2, -0.15) is 8.42 Å². The molecule has 6 rings (SSSR count). The van der Waals surface area contributed by atoms with E-state index in [4.69, 9.17) is 8.92 Å². The van der Waals surface area contributed by atoms with Gasteiger partial charge >= 0.3 is 0 Å². The summed E-state index contributed by atoms with van der Waals surface area (Å²) >= 11 is 0. The van der Waals surface area contributed by atoms with Crippen molar-refractivity contribution in [3.8, 4) is 0 Å². The number of aliphatic hydroxyl groups is 1. The smallest absolute Gasteiger partial charge is 0.264 e. The van der Waals surface area contributed by atoms with Crippen LogP contribution in [0.15, 0.2) is 12.2 Å². The SMILES string of the molecule is C=C1C(=O)[C@]23CC[C@H]1CC2[C@@]12CCC[C@@](C)(COC1)C2C(COS(C)(=O)=O)[C@H]3O. The van der Waals surface area contributed by atoms with E-state index in [9.17, 15) is 18.3 Å². The van der Waals surface area contributed by atoms with Gasteiger partial charge in [-0.1, -0.05) is 19.9 Å². The Kier molecular flexibility index (Phi) is 4.27. The standard InChI is InChI=1S/C22H32O6S/c1-13-14-5-8-22(18(13)23)16(9-14)21-7-4-6-20(2,11-27-12-21)17(21)15(19(22)24)10-28-29(3,25)26/h14-17,19,24H,1,4-12H2,2-3H3/t14-,15?,16?,17?,19+,20-,21+,22-/m0/s1. The molecule has 1 heterocycles. The molecule has 6 nitrogen and oxygen atoms in total. The molecular formula is C22H32O6S. The number of ether oxygens (including phenoxy) is 1. The second-order valence-corrected chi connectivity index (χ2v) is 12.4. The van der Waals surface area contributed by atoms with Gasteiger partial charge < -0.3 is 9.84 Å². The molecule has 5 saturated carbocycles. The first-order valence-electron chi connectivity index (χ1n) is 10.9. The van der Waals surface area contributed by atoms with E-state index in [1.807, 2.05) is 0 Å². The van der Waals surface area contributed by atoms with Crippen LogP contribution in [-0.2, 0) is 23.8 Å². The van der Waals surface area contributed by atoms with Crippen molar-refractivity contribution in [2.75, 3.05) is 26.1 Å². The molecule has 6 aliphatic rings. The summed E-state index contributed by atoms with van der Waals surface area (Å²) < 4.78 is 35.1. The fourth-order valence-corrected chi connectivity index (χ4v) is 8.93. The third-order valence-electron chi connectivity index (χ3n) is 9.35. The number of Topliss-reactive ketones (excluding diaryl/α,β-unsaturated/α-hetero) is 1. The largest absolute Gasteiger partial charge is 0.392 e. The molecule has 0 aromatic rings. The number of carbonyl (C=O) groups excluding carboxylic acids is 1. The Morgan fingerprint density at radius 1 is 1.28 bits per heavy atom. The molecular weight excluding hydrogens is 392 g/mol. The van der Waals surface area contributed by atoms with E-state index in [1.165, 1.54) is 0 Å². The molecule has 0 radical (unpaired) electrons. The number of aliphatic hydroxyl groups excluding tert-OH is 1. The molecule has 29 heavy (non-hydrogen) atoms. The molecule has 1 N–H and O–H groups in total. The van der Waals surface area contributed by atoms with E-state index in [0.29, 0.717) is 25.2 Å². The molecule has 0 aromatic heterocycles. The molecule has 0 aromatic carbocycles. The van der Waals surface area contributed by atoms with Gasteiger partial charge in [-0.05, 0) is 60.8 Å². The minimum Gasteiger partial charge on any atom is -0.392 e. The second-order valence-electron chi connectivity index (χ2n) is 10.7. The average Bonchev–Trinajstić information content (AvgIpc) is 2.64. The maximum Gasteiger partial charge on any atom is 0.264 e. The molecule has 6 fully saturated rings. The zero-order valence-corrected chi connectivity index (χ0v) is 18.2. The highest BCUT2D eigenvalue weighted by atomic mass is 32.2. The Bertz CT molecular complexity index is 853. The van der Waals surface area contributed by atoms with Gasteiger partial charge in [0.1, 0.15) is 0 Å². The number of carbonyl (C=O) groups is 1. The van der Waals surface area contributed by atoms with Crippen LogP contribution < -0.4 is 0 Å². The molecule has 0 amide bonds. The van der Waals surface area contributed by atoms with Crippen molar-refractivity contribution in [2.24, 2.45) is 39.9 Å². The van der Waals surface area contributed by atoms with Crippen molar-refractivity contribution in [1.82, 2.24) is 0 Å². The van der Waals surface area contributed by atoms with Gasteiger partial charge in [-0.3, -0.25) is 8.98 Å². The highest BCUT2D eigenvalue weighted by Gasteiger charge is 2.74. The van der Waals surface area contributed by atoms with Gasteiger partial charge in [0.15, 0.2) is 5.78 Å². The monoisotopic (exact) mass is 424 g/mol. The lowest BCUT2D eigenvalue weighted by molar-refractivity contribution is -0.293. The fraction of sp³-hybridized carbons (Fsp3) is 0.864. The van der Waals surface area contributed by atoms with Crippen LogP contribution >= 0.6 is 0 Å². The van der Waals surface area contributed by atoms with Crippen LogP contribution in [0.2, 0.25) is 0 Å². The van der Waals surface area contributed by atoms with Crippen LogP contribution in [-0.4, -0.2) is 51.5 Å². The summed E-state index contributed by atoms with van der Waals surface area (Å²) in [6, 6.07) is 0. The normalized spacial score (nSPS) is 51.5. The Balaban J connectivity index is 1.67. The molecule has 4 bridgehead atoms. The zero-order chi connectivity index (χ0) is 20.8. The predicted octanol–water partition coefficient (Wildman–Crippen LogP) is 2.32. The quantitative estimate of drug-likeness (QED) is 0.552. The Morgan fingerprint density at radius 3 is 2.76 bits per heavy atom. The number of rotatable bonds is 3. The third-order valence-corrected chi connectivity index (χ3v) is 9.91. The number of hydrogen-bond acceptors (Lipinski definition) is 6. The van der Waals surface area contributed by atoms with Gasteiger partial charge in [0.2, 0.25) is 0 Å². The summed E-state index contributed by atoms with van der Waals surface area (Å²) in [5.41, 5.74) is -0.557. The highest BCUT2D eigenvalue weighted by Crippen LogP contribution is 2.73. The van der Waals surface area contributed by atoms with Crippen molar-refractivity contribution < 1.29 is 27.2 Å². The van der Waals surface area contributed by atoms with Gasteiger partial charge in [-0.25, -0.2) is 0 Å². The van der Waals surface area contributed by atoms with Crippen molar-refractivity contribution in [1.29, 1.82) is 0 Å². The van der Waals surface area contributed by atoms with Crippen molar-refractivity contribution in [3.05, 3.63) is 12.2 Å². The molecule has 5 aliphatic carbocycles.